The van der Waals surface area contributed by atoms with Crippen molar-refractivity contribution in [1.82, 2.24) is 14.9 Å². The van der Waals surface area contributed by atoms with Crippen LogP contribution in [0, 0.1) is 5.92 Å². The first-order valence-electron chi connectivity index (χ1n) is 11.7. The number of hydrogen-bond acceptors (Lipinski definition) is 3. The van der Waals surface area contributed by atoms with Crippen molar-refractivity contribution >= 4 is 28.5 Å². The molecule has 0 aliphatic heterocycles. The number of carbonyl (C=O) groups is 1. The summed E-state index contributed by atoms with van der Waals surface area (Å²) in [5.74, 6) is 2.22. The normalized spacial score (nSPS) is 11.2. The highest BCUT2D eigenvalue weighted by atomic mass is 35.5. The molecule has 5 nitrogen and oxygen atoms in total. The zero-order valence-electron chi connectivity index (χ0n) is 19.1. The first-order valence-corrected chi connectivity index (χ1v) is 12.1. The van der Waals surface area contributed by atoms with Gasteiger partial charge in [-0.05, 0) is 68.5 Å². The molecule has 0 aliphatic rings. The van der Waals surface area contributed by atoms with E-state index in [2.05, 4.69) is 41.9 Å². The number of hydrogen-bond donors (Lipinski definition) is 1. The molecule has 0 fully saturated rings. The molecule has 2 aromatic carbocycles. The van der Waals surface area contributed by atoms with Crippen LogP contribution in [0.4, 0.5) is 0 Å². The maximum Gasteiger partial charge on any atom is 0.223 e. The van der Waals surface area contributed by atoms with E-state index in [0.29, 0.717) is 18.2 Å². The number of amides is 1. The van der Waals surface area contributed by atoms with Crippen molar-refractivity contribution in [2.24, 2.45) is 5.92 Å². The van der Waals surface area contributed by atoms with Crippen LogP contribution in [-0.2, 0) is 17.8 Å². The number of rotatable bonds is 13. The van der Waals surface area contributed by atoms with Crippen LogP contribution in [0.2, 0.25) is 5.02 Å². The molecule has 0 saturated carbocycles. The Morgan fingerprint density at radius 3 is 2.56 bits per heavy atom. The lowest BCUT2D eigenvalue weighted by Crippen LogP contribution is -2.31. The van der Waals surface area contributed by atoms with Crippen LogP contribution in [0.15, 0.2) is 48.5 Å². The number of carbonyl (C=O) groups excluding carboxylic acids is 1. The Morgan fingerprint density at radius 2 is 1.81 bits per heavy atom. The number of benzene rings is 2. The fourth-order valence-electron chi connectivity index (χ4n) is 3.92. The van der Waals surface area contributed by atoms with Crippen molar-refractivity contribution in [2.45, 2.75) is 58.9 Å². The maximum atomic E-state index is 12.2. The molecule has 0 bridgehead atoms. The molecule has 0 saturated heterocycles. The number of nitrogens with zero attached hydrogens (tertiary/aromatic N) is 2. The van der Waals surface area contributed by atoms with E-state index in [9.17, 15) is 4.79 Å². The minimum atomic E-state index is 0.120. The molecule has 3 aromatic rings. The Bertz CT molecular complexity index is 980. The monoisotopic (exact) mass is 455 g/mol. The number of para-hydroxylation sites is 2. The first-order chi connectivity index (χ1) is 15.6. The average molecular weight is 456 g/mol. The van der Waals surface area contributed by atoms with Gasteiger partial charge in [0.1, 0.15) is 11.6 Å². The number of fused-ring (bicyclic) bond motifs is 1. The van der Waals surface area contributed by atoms with Crippen LogP contribution in [0.25, 0.3) is 11.0 Å². The SMILES string of the molecule is CCC(CC)C(=O)NCCCc1nc2ccccc2n1CCCCOc1ccc(Cl)cc1. The summed E-state index contributed by atoms with van der Waals surface area (Å²) >= 11 is 5.92. The predicted molar refractivity (Wildman–Crippen MR) is 131 cm³/mol. The van der Waals surface area contributed by atoms with Crippen molar-refractivity contribution in [2.75, 3.05) is 13.2 Å². The maximum absolute atomic E-state index is 12.2. The minimum absolute atomic E-state index is 0.120. The summed E-state index contributed by atoms with van der Waals surface area (Å²) in [4.78, 5) is 17.1. The largest absolute Gasteiger partial charge is 0.494 e. The fraction of sp³-hybridized carbons (Fsp3) is 0.462. The third-order valence-corrected chi connectivity index (χ3v) is 6.08. The second-order valence-electron chi connectivity index (χ2n) is 8.09. The van der Waals surface area contributed by atoms with E-state index in [1.54, 1.807) is 0 Å². The molecule has 0 spiro atoms. The van der Waals surface area contributed by atoms with E-state index in [4.69, 9.17) is 21.3 Å². The van der Waals surface area contributed by atoms with Gasteiger partial charge in [0.2, 0.25) is 5.91 Å². The lowest BCUT2D eigenvalue weighted by molar-refractivity contribution is -0.125. The molecular weight excluding hydrogens is 422 g/mol. The molecule has 0 aliphatic carbocycles. The van der Waals surface area contributed by atoms with Gasteiger partial charge in [-0.1, -0.05) is 37.6 Å². The number of aromatic nitrogens is 2. The van der Waals surface area contributed by atoms with Gasteiger partial charge in [-0.15, -0.1) is 0 Å². The lowest BCUT2D eigenvalue weighted by atomic mass is 10.0. The van der Waals surface area contributed by atoms with Gasteiger partial charge in [0.25, 0.3) is 0 Å². The number of halogens is 1. The van der Waals surface area contributed by atoms with Crippen molar-refractivity contribution in [3.8, 4) is 5.75 Å². The Morgan fingerprint density at radius 1 is 1.06 bits per heavy atom. The van der Waals surface area contributed by atoms with Crippen LogP contribution in [0.1, 0.15) is 51.8 Å². The van der Waals surface area contributed by atoms with Crippen LogP contribution in [0.3, 0.4) is 0 Å². The number of unbranched alkanes of at least 4 members (excludes halogenated alkanes) is 1. The molecule has 1 N–H and O–H groups in total. The molecule has 3 rings (SSSR count). The fourth-order valence-corrected chi connectivity index (χ4v) is 4.05. The van der Waals surface area contributed by atoms with Gasteiger partial charge in [0.15, 0.2) is 0 Å². The van der Waals surface area contributed by atoms with E-state index < -0.39 is 0 Å². The number of nitrogens with one attached hydrogen (secondary N) is 1. The molecule has 0 unspecified atom stereocenters. The van der Waals surface area contributed by atoms with Gasteiger partial charge in [0, 0.05) is 30.5 Å². The highest BCUT2D eigenvalue weighted by Crippen LogP contribution is 2.19. The van der Waals surface area contributed by atoms with Crippen LogP contribution in [-0.4, -0.2) is 28.6 Å². The molecule has 172 valence electrons. The summed E-state index contributed by atoms with van der Waals surface area (Å²) in [5, 5.41) is 3.80. The number of imidazole rings is 1. The zero-order chi connectivity index (χ0) is 22.8. The lowest BCUT2D eigenvalue weighted by Gasteiger charge is -2.13. The van der Waals surface area contributed by atoms with Crippen molar-refractivity contribution < 1.29 is 9.53 Å². The molecule has 1 aromatic heterocycles. The van der Waals surface area contributed by atoms with Gasteiger partial charge in [-0.2, -0.15) is 0 Å². The van der Waals surface area contributed by atoms with Crippen LogP contribution < -0.4 is 10.1 Å². The molecular formula is C26H34ClN3O2. The highest BCUT2D eigenvalue weighted by molar-refractivity contribution is 6.30. The summed E-state index contributed by atoms with van der Waals surface area (Å²) in [5.41, 5.74) is 2.20. The summed E-state index contributed by atoms with van der Waals surface area (Å²) in [6, 6.07) is 15.8. The molecule has 0 atom stereocenters. The van der Waals surface area contributed by atoms with E-state index in [-0.39, 0.29) is 11.8 Å². The Balaban J connectivity index is 1.51. The first kappa shape index (κ1) is 24.1. The van der Waals surface area contributed by atoms with E-state index in [1.165, 1.54) is 5.52 Å². The standard InChI is InChI=1S/C26H34ClN3O2/c1-3-20(4-2)26(31)28-17-9-12-25-29-23-10-5-6-11-24(23)30(25)18-7-8-19-32-22-15-13-21(27)14-16-22/h5-6,10-11,13-16,20H,3-4,7-9,12,17-19H2,1-2H3,(H,28,31). The predicted octanol–water partition coefficient (Wildman–Crippen LogP) is 6.03. The summed E-state index contributed by atoms with van der Waals surface area (Å²) < 4.78 is 8.13. The highest BCUT2D eigenvalue weighted by Gasteiger charge is 2.14. The van der Waals surface area contributed by atoms with Gasteiger partial charge < -0.3 is 14.6 Å². The van der Waals surface area contributed by atoms with Crippen LogP contribution in [0.5, 0.6) is 5.75 Å². The van der Waals surface area contributed by atoms with Crippen molar-refractivity contribution in [3.05, 3.63) is 59.4 Å². The van der Waals surface area contributed by atoms with Gasteiger partial charge >= 0.3 is 0 Å². The number of ether oxygens (including phenoxy) is 1. The van der Waals surface area contributed by atoms with E-state index in [1.807, 2.05) is 30.3 Å². The summed E-state index contributed by atoms with van der Waals surface area (Å²) in [7, 11) is 0. The van der Waals surface area contributed by atoms with E-state index in [0.717, 1.165) is 62.2 Å². The number of aryl methyl sites for hydroxylation is 2. The molecule has 1 heterocycles. The van der Waals surface area contributed by atoms with Crippen molar-refractivity contribution in [3.63, 3.8) is 0 Å². The molecule has 32 heavy (non-hydrogen) atoms. The third-order valence-electron chi connectivity index (χ3n) is 5.82. The Kier molecular flexibility index (Phi) is 9.42. The Labute approximate surface area is 196 Å². The molecule has 1 amide bonds. The van der Waals surface area contributed by atoms with Gasteiger partial charge in [-0.25, -0.2) is 4.98 Å². The minimum Gasteiger partial charge on any atom is -0.494 e. The zero-order valence-corrected chi connectivity index (χ0v) is 19.9. The van der Waals surface area contributed by atoms with Crippen molar-refractivity contribution in [1.29, 1.82) is 0 Å². The topological polar surface area (TPSA) is 56.2 Å². The summed E-state index contributed by atoms with van der Waals surface area (Å²) in [6.07, 6.45) is 5.47. The second-order valence-corrected chi connectivity index (χ2v) is 8.52. The second kappa shape index (κ2) is 12.5. The summed E-state index contributed by atoms with van der Waals surface area (Å²) in [6.45, 7) is 6.40. The Hall–Kier alpha value is -2.53. The third kappa shape index (κ3) is 6.73. The van der Waals surface area contributed by atoms with Gasteiger partial charge in [-0.3, -0.25) is 4.79 Å². The molecule has 6 heteroatoms. The average Bonchev–Trinajstić information content (AvgIpc) is 3.16. The van der Waals surface area contributed by atoms with Crippen LogP contribution >= 0.6 is 11.6 Å². The smallest absolute Gasteiger partial charge is 0.223 e. The van der Waals surface area contributed by atoms with E-state index >= 15 is 0 Å². The molecule has 0 radical (unpaired) electrons. The van der Waals surface area contributed by atoms with Gasteiger partial charge in [0.05, 0.1) is 17.6 Å². The quantitative estimate of drug-likeness (QED) is 0.320.